The molecule has 1 amide bonds. The topological polar surface area (TPSA) is 64.6 Å². The molecule has 1 fully saturated rings. The normalized spacial score (nSPS) is 18.7. The lowest BCUT2D eigenvalue weighted by atomic mass is 10.0. The zero-order valence-corrected chi connectivity index (χ0v) is 14.8. The molecule has 0 spiro atoms. The maximum atomic E-state index is 13.1. The molecule has 1 saturated heterocycles. The highest BCUT2D eigenvalue weighted by Crippen LogP contribution is 2.38. The van der Waals surface area contributed by atoms with Crippen LogP contribution in [0, 0.1) is 0 Å². The second kappa shape index (κ2) is 6.54. The fourth-order valence-corrected chi connectivity index (χ4v) is 3.83. The fraction of sp³-hybridized carbons (Fsp3) is 0.286. The van der Waals surface area contributed by atoms with Crippen molar-refractivity contribution in [2.24, 2.45) is 0 Å². The monoisotopic (exact) mass is 361 g/mol. The van der Waals surface area contributed by atoms with Gasteiger partial charge in [0.05, 0.1) is 23.3 Å². The number of hydrogen-bond acceptors (Lipinski definition) is 5. The lowest BCUT2D eigenvalue weighted by Gasteiger charge is -2.26. The molecule has 2 aromatic carbocycles. The summed E-state index contributed by atoms with van der Waals surface area (Å²) in [5.74, 6) is 1.44. The van der Waals surface area contributed by atoms with Crippen LogP contribution in [0.25, 0.3) is 11.0 Å². The first-order valence-electron chi connectivity index (χ1n) is 9.22. The lowest BCUT2D eigenvalue weighted by Crippen LogP contribution is -2.31. The molecule has 0 saturated carbocycles. The number of rotatable bonds is 2. The van der Waals surface area contributed by atoms with E-state index in [0.29, 0.717) is 25.5 Å². The van der Waals surface area contributed by atoms with Crippen molar-refractivity contribution in [2.45, 2.75) is 18.9 Å². The molecule has 0 N–H and O–H groups in total. The first kappa shape index (κ1) is 16.1. The van der Waals surface area contributed by atoms with E-state index >= 15 is 0 Å². The molecular weight excluding hydrogens is 342 g/mol. The Morgan fingerprint density at radius 3 is 2.74 bits per heavy atom. The van der Waals surface area contributed by atoms with Gasteiger partial charge in [0.2, 0.25) is 0 Å². The molecule has 0 aliphatic carbocycles. The molecule has 0 radical (unpaired) electrons. The molecule has 3 aromatic rings. The first-order valence-corrected chi connectivity index (χ1v) is 9.22. The number of fused-ring (bicyclic) bond motifs is 2. The molecule has 6 nitrogen and oxygen atoms in total. The minimum atomic E-state index is -0.0781. The summed E-state index contributed by atoms with van der Waals surface area (Å²) in [6.45, 7) is 1.84. The maximum absolute atomic E-state index is 13.1. The third kappa shape index (κ3) is 2.87. The Hall–Kier alpha value is -3.15. The van der Waals surface area contributed by atoms with E-state index in [1.807, 2.05) is 47.4 Å². The van der Waals surface area contributed by atoms with Gasteiger partial charge in [-0.25, -0.2) is 4.98 Å². The largest absolute Gasteiger partial charge is 0.486 e. The fourth-order valence-electron chi connectivity index (χ4n) is 3.83. The van der Waals surface area contributed by atoms with Crippen molar-refractivity contribution in [3.8, 4) is 11.5 Å². The van der Waals surface area contributed by atoms with E-state index in [9.17, 15) is 4.79 Å². The second-order valence-electron chi connectivity index (χ2n) is 6.80. The standard InChI is InChI=1S/C21H19N3O3/c25-21(17-13-22-15-4-1-2-5-16(15)23-17)24-9-3-6-18(24)14-7-8-19-20(12-14)27-11-10-26-19/h1-2,4-5,7-8,12-13,18H,3,6,9-11H2. The third-order valence-electron chi connectivity index (χ3n) is 5.13. The predicted molar refractivity (Wildman–Crippen MR) is 100.0 cm³/mol. The van der Waals surface area contributed by atoms with Gasteiger partial charge >= 0.3 is 0 Å². The Labute approximate surface area is 156 Å². The molecule has 27 heavy (non-hydrogen) atoms. The van der Waals surface area contributed by atoms with E-state index in [1.165, 1.54) is 0 Å². The second-order valence-corrected chi connectivity index (χ2v) is 6.80. The van der Waals surface area contributed by atoms with E-state index in [1.54, 1.807) is 6.20 Å². The van der Waals surface area contributed by atoms with Crippen LogP contribution in [-0.2, 0) is 0 Å². The number of aromatic nitrogens is 2. The number of para-hydroxylation sites is 2. The molecule has 5 rings (SSSR count). The van der Waals surface area contributed by atoms with Crippen LogP contribution in [0.5, 0.6) is 11.5 Å². The van der Waals surface area contributed by atoms with E-state index in [0.717, 1.165) is 40.9 Å². The summed E-state index contributed by atoms with van der Waals surface area (Å²) < 4.78 is 11.3. The van der Waals surface area contributed by atoms with Crippen LogP contribution in [0.15, 0.2) is 48.7 Å². The lowest BCUT2D eigenvalue weighted by molar-refractivity contribution is 0.0729. The quantitative estimate of drug-likeness (QED) is 0.700. The Morgan fingerprint density at radius 2 is 1.85 bits per heavy atom. The van der Waals surface area contributed by atoms with Crippen LogP contribution < -0.4 is 9.47 Å². The summed E-state index contributed by atoms with van der Waals surface area (Å²) >= 11 is 0. The van der Waals surface area contributed by atoms with Crippen molar-refractivity contribution < 1.29 is 14.3 Å². The number of hydrogen-bond donors (Lipinski definition) is 0. The molecule has 6 heteroatoms. The predicted octanol–water partition coefficient (Wildman–Crippen LogP) is 3.38. The Bertz CT molecular complexity index is 1020. The molecule has 0 bridgehead atoms. The van der Waals surface area contributed by atoms with Gasteiger partial charge in [-0.3, -0.25) is 9.78 Å². The van der Waals surface area contributed by atoms with E-state index in [4.69, 9.17) is 9.47 Å². The highest BCUT2D eigenvalue weighted by Gasteiger charge is 2.32. The van der Waals surface area contributed by atoms with Crippen LogP contribution in [-0.4, -0.2) is 40.5 Å². The van der Waals surface area contributed by atoms with Gasteiger partial charge in [-0.05, 0) is 42.7 Å². The number of amides is 1. The van der Waals surface area contributed by atoms with Gasteiger partial charge in [0, 0.05) is 6.54 Å². The van der Waals surface area contributed by atoms with Gasteiger partial charge in [-0.15, -0.1) is 0 Å². The molecule has 1 aromatic heterocycles. The van der Waals surface area contributed by atoms with Gasteiger partial charge in [-0.1, -0.05) is 18.2 Å². The highest BCUT2D eigenvalue weighted by molar-refractivity contribution is 5.94. The van der Waals surface area contributed by atoms with Gasteiger partial charge in [0.25, 0.3) is 5.91 Å². The van der Waals surface area contributed by atoms with Gasteiger partial charge in [0.15, 0.2) is 11.5 Å². The summed E-state index contributed by atoms with van der Waals surface area (Å²) in [7, 11) is 0. The zero-order valence-electron chi connectivity index (χ0n) is 14.8. The first-order chi connectivity index (χ1) is 13.3. The van der Waals surface area contributed by atoms with Crippen LogP contribution in [0.2, 0.25) is 0 Å². The molecule has 136 valence electrons. The summed E-state index contributed by atoms with van der Waals surface area (Å²) in [5.41, 5.74) is 2.98. The SMILES string of the molecule is O=C(c1cnc2ccccc2n1)N1CCCC1c1ccc2c(c1)OCCO2. The van der Waals surface area contributed by atoms with Crippen molar-refractivity contribution in [3.63, 3.8) is 0 Å². The minimum absolute atomic E-state index is 0.0154. The zero-order chi connectivity index (χ0) is 18.2. The van der Waals surface area contributed by atoms with Crippen LogP contribution >= 0.6 is 0 Å². The summed E-state index contributed by atoms with van der Waals surface area (Å²) in [5, 5.41) is 0. The number of ether oxygens (including phenoxy) is 2. The van der Waals surface area contributed by atoms with Gasteiger partial charge in [0.1, 0.15) is 18.9 Å². The summed E-state index contributed by atoms with van der Waals surface area (Å²) in [6, 6.07) is 13.6. The molecule has 1 unspecified atom stereocenters. The van der Waals surface area contributed by atoms with Gasteiger partial charge < -0.3 is 14.4 Å². The number of nitrogens with zero attached hydrogens (tertiary/aromatic N) is 3. The van der Waals surface area contributed by atoms with E-state index in [-0.39, 0.29) is 11.9 Å². The highest BCUT2D eigenvalue weighted by atomic mass is 16.6. The Morgan fingerprint density at radius 1 is 1.04 bits per heavy atom. The smallest absolute Gasteiger partial charge is 0.274 e. The summed E-state index contributed by atoms with van der Waals surface area (Å²) in [6.07, 6.45) is 3.46. The van der Waals surface area contributed by atoms with Crippen molar-refractivity contribution >= 4 is 16.9 Å². The van der Waals surface area contributed by atoms with Crippen LogP contribution in [0.3, 0.4) is 0 Å². The van der Waals surface area contributed by atoms with Crippen molar-refractivity contribution in [2.75, 3.05) is 19.8 Å². The molecule has 1 atom stereocenters. The number of likely N-dealkylation sites (tertiary alicyclic amines) is 1. The Balaban J connectivity index is 1.45. The maximum Gasteiger partial charge on any atom is 0.274 e. The molecule has 3 heterocycles. The average molecular weight is 361 g/mol. The Kier molecular flexibility index (Phi) is 3.89. The average Bonchev–Trinajstić information content (AvgIpc) is 3.22. The third-order valence-corrected chi connectivity index (χ3v) is 5.13. The van der Waals surface area contributed by atoms with Gasteiger partial charge in [-0.2, -0.15) is 0 Å². The van der Waals surface area contributed by atoms with E-state index < -0.39 is 0 Å². The molecular formula is C21H19N3O3. The van der Waals surface area contributed by atoms with E-state index in [2.05, 4.69) is 9.97 Å². The van der Waals surface area contributed by atoms with Crippen molar-refractivity contribution in [3.05, 3.63) is 59.9 Å². The van der Waals surface area contributed by atoms with Crippen LogP contribution in [0.1, 0.15) is 34.9 Å². The number of carbonyl (C=O) groups is 1. The van der Waals surface area contributed by atoms with Crippen molar-refractivity contribution in [1.29, 1.82) is 0 Å². The van der Waals surface area contributed by atoms with Crippen LogP contribution in [0.4, 0.5) is 0 Å². The minimum Gasteiger partial charge on any atom is -0.486 e. The number of carbonyl (C=O) groups excluding carboxylic acids is 1. The molecule has 2 aliphatic rings. The van der Waals surface area contributed by atoms with Crippen molar-refractivity contribution in [1.82, 2.24) is 14.9 Å². The molecule has 2 aliphatic heterocycles. The number of benzene rings is 2. The summed E-state index contributed by atoms with van der Waals surface area (Å²) in [4.78, 5) is 23.9.